The van der Waals surface area contributed by atoms with Gasteiger partial charge in [0.05, 0.1) is 0 Å². The molecule has 6 heteroatoms. The molecule has 0 bridgehead atoms. The van der Waals surface area contributed by atoms with E-state index in [0.717, 1.165) is 35.8 Å². The molecule has 1 heterocycles. The quantitative estimate of drug-likeness (QED) is 0.408. The normalized spacial score (nSPS) is 18.6. The molecule has 1 aliphatic carbocycles. The van der Waals surface area contributed by atoms with Gasteiger partial charge < -0.3 is 15.5 Å². The number of carbonyl (C=O) groups excluding carboxylic acids is 1. The SMILES string of the molecule is CNC(=O)C1CC(c2ccc(-c3ccc(C#C/C(=C\O)n4ccnc4[C@H](C)O)cc3)cc2)C1. The molecule has 1 atom stereocenters. The minimum atomic E-state index is -0.774. The molecule has 1 saturated carbocycles. The van der Waals surface area contributed by atoms with E-state index < -0.39 is 6.10 Å². The number of allylic oxidation sites excluding steroid dienone is 1. The molecule has 0 unspecified atom stereocenters. The molecule has 0 saturated heterocycles. The molecule has 1 aliphatic rings. The van der Waals surface area contributed by atoms with Crippen LogP contribution in [-0.2, 0) is 4.79 Å². The first-order valence-corrected chi connectivity index (χ1v) is 11.0. The molecule has 3 N–H and O–H groups in total. The zero-order valence-electron chi connectivity index (χ0n) is 18.7. The van der Waals surface area contributed by atoms with Crippen LogP contribution in [0.25, 0.3) is 16.8 Å². The smallest absolute Gasteiger partial charge is 0.222 e. The van der Waals surface area contributed by atoms with Crippen molar-refractivity contribution in [2.75, 3.05) is 7.05 Å². The summed E-state index contributed by atoms with van der Waals surface area (Å²) >= 11 is 0. The number of aliphatic hydroxyl groups excluding tert-OH is 2. The number of aliphatic hydroxyl groups is 2. The third-order valence-electron chi connectivity index (χ3n) is 6.12. The summed E-state index contributed by atoms with van der Waals surface area (Å²) < 4.78 is 1.56. The second kappa shape index (κ2) is 9.76. The molecule has 1 amide bonds. The molecular weight excluding hydrogens is 414 g/mol. The van der Waals surface area contributed by atoms with E-state index in [4.69, 9.17) is 0 Å². The largest absolute Gasteiger partial charge is 0.513 e. The molecule has 3 aromatic rings. The van der Waals surface area contributed by atoms with Crippen molar-refractivity contribution in [3.63, 3.8) is 0 Å². The summed E-state index contributed by atoms with van der Waals surface area (Å²) in [5.41, 5.74) is 4.63. The Balaban J connectivity index is 1.43. The topological polar surface area (TPSA) is 87.4 Å². The maximum absolute atomic E-state index is 11.7. The number of nitrogens with zero attached hydrogens (tertiary/aromatic N) is 2. The maximum Gasteiger partial charge on any atom is 0.222 e. The van der Waals surface area contributed by atoms with Gasteiger partial charge in [-0.05, 0) is 60.4 Å². The fraction of sp³-hybridized carbons (Fsp3) is 0.259. The first-order valence-electron chi connectivity index (χ1n) is 11.0. The van der Waals surface area contributed by atoms with Gasteiger partial charge in [-0.2, -0.15) is 0 Å². The van der Waals surface area contributed by atoms with E-state index in [1.54, 1.807) is 30.9 Å². The van der Waals surface area contributed by atoms with Crippen molar-refractivity contribution >= 4 is 11.6 Å². The summed E-state index contributed by atoms with van der Waals surface area (Å²) in [5.74, 6) is 7.13. The van der Waals surface area contributed by atoms with Crippen LogP contribution in [0.1, 0.15) is 48.7 Å². The molecule has 4 rings (SSSR count). The molecule has 1 aromatic heterocycles. The van der Waals surface area contributed by atoms with Crippen LogP contribution in [0.3, 0.4) is 0 Å². The van der Waals surface area contributed by atoms with Crippen LogP contribution in [0.4, 0.5) is 0 Å². The van der Waals surface area contributed by atoms with Crippen LogP contribution >= 0.6 is 0 Å². The number of nitrogens with one attached hydrogen (secondary N) is 1. The summed E-state index contributed by atoms with van der Waals surface area (Å²) in [6.07, 6.45) is 5.16. The number of benzene rings is 2. The van der Waals surface area contributed by atoms with E-state index in [1.165, 1.54) is 5.56 Å². The van der Waals surface area contributed by atoms with E-state index in [2.05, 4.69) is 46.4 Å². The first-order chi connectivity index (χ1) is 16.0. The Morgan fingerprint density at radius 1 is 1.15 bits per heavy atom. The van der Waals surface area contributed by atoms with Gasteiger partial charge in [0.2, 0.25) is 5.91 Å². The minimum absolute atomic E-state index is 0.140. The van der Waals surface area contributed by atoms with Gasteiger partial charge in [0, 0.05) is 30.9 Å². The predicted octanol–water partition coefficient (Wildman–Crippen LogP) is 4.25. The monoisotopic (exact) mass is 441 g/mol. The van der Waals surface area contributed by atoms with Crippen molar-refractivity contribution in [1.82, 2.24) is 14.9 Å². The highest BCUT2D eigenvalue weighted by Crippen LogP contribution is 2.42. The molecular formula is C27H27N3O3. The van der Waals surface area contributed by atoms with Crippen molar-refractivity contribution in [2.24, 2.45) is 5.92 Å². The van der Waals surface area contributed by atoms with E-state index >= 15 is 0 Å². The van der Waals surface area contributed by atoms with Crippen molar-refractivity contribution < 1.29 is 15.0 Å². The van der Waals surface area contributed by atoms with E-state index in [0.29, 0.717) is 17.4 Å². The average Bonchev–Trinajstić information content (AvgIpc) is 3.29. The number of aromatic nitrogens is 2. The lowest BCUT2D eigenvalue weighted by Crippen LogP contribution is -2.35. The fourth-order valence-electron chi connectivity index (χ4n) is 4.12. The maximum atomic E-state index is 11.7. The summed E-state index contributed by atoms with van der Waals surface area (Å²) in [6.45, 7) is 1.61. The number of amides is 1. The molecule has 2 aromatic carbocycles. The number of rotatable bonds is 5. The molecule has 0 aliphatic heterocycles. The van der Waals surface area contributed by atoms with Crippen LogP contribution in [0, 0.1) is 17.8 Å². The molecule has 33 heavy (non-hydrogen) atoms. The van der Waals surface area contributed by atoms with Crippen LogP contribution in [-0.4, -0.2) is 32.7 Å². The Morgan fingerprint density at radius 3 is 2.36 bits per heavy atom. The van der Waals surface area contributed by atoms with Gasteiger partial charge >= 0.3 is 0 Å². The minimum Gasteiger partial charge on any atom is -0.513 e. The van der Waals surface area contributed by atoms with Gasteiger partial charge in [0.15, 0.2) is 0 Å². The molecule has 168 valence electrons. The average molecular weight is 442 g/mol. The lowest BCUT2D eigenvalue weighted by molar-refractivity contribution is -0.127. The second-order valence-corrected chi connectivity index (χ2v) is 8.27. The van der Waals surface area contributed by atoms with Gasteiger partial charge in [0.25, 0.3) is 0 Å². The number of imidazole rings is 1. The van der Waals surface area contributed by atoms with Crippen LogP contribution in [0.15, 0.2) is 67.2 Å². The summed E-state index contributed by atoms with van der Waals surface area (Å²) in [5, 5.41) is 22.1. The molecule has 0 radical (unpaired) electrons. The third-order valence-corrected chi connectivity index (χ3v) is 6.12. The van der Waals surface area contributed by atoms with Crippen LogP contribution in [0.2, 0.25) is 0 Å². The number of carbonyl (C=O) groups is 1. The zero-order chi connectivity index (χ0) is 23.4. The van der Waals surface area contributed by atoms with Gasteiger partial charge in [-0.15, -0.1) is 0 Å². The van der Waals surface area contributed by atoms with E-state index in [9.17, 15) is 15.0 Å². The highest BCUT2D eigenvalue weighted by atomic mass is 16.3. The van der Waals surface area contributed by atoms with Crippen molar-refractivity contribution in [3.05, 3.63) is 84.1 Å². The van der Waals surface area contributed by atoms with Crippen LogP contribution in [0.5, 0.6) is 0 Å². The fourth-order valence-corrected chi connectivity index (χ4v) is 4.12. The summed E-state index contributed by atoms with van der Waals surface area (Å²) in [6, 6.07) is 16.5. The molecule has 0 spiro atoms. The Kier molecular flexibility index (Phi) is 6.62. The first kappa shape index (κ1) is 22.4. The Bertz CT molecular complexity index is 1210. The second-order valence-electron chi connectivity index (χ2n) is 8.27. The standard InChI is InChI=1S/C27H27N3O3/c1-18(32)26-29-13-14-30(26)25(17-31)12-5-19-3-6-20(7-4-19)21-8-10-22(11-9-21)23-15-24(16-23)27(33)28-2/h3-4,6-11,13-14,17-18,23-24,31-32H,15-16H2,1-2H3,(H,28,33)/b25-17+/t18-,23?,24?/m0/s1. The zero-order valence-corrected chi connectivity index (χ0v) is 18.7. The number of hydrogen-bond acceptors (Lipinski definition) is 4. The summed E-state index contributed by atoms with van der Waals surface area (Å²) in [4.78, 5) is 15.8. The van der Waals surface area contributed by atoms with E-state index in [1.807, 2.05) is 24.3 Å². The molecule has 1 fully saturated rings. The van der Waals surface area contributed by atoms with Crippen LogP contribution < -0.4 is 5.32 Å². The van der Waals surface area contributed by atoms with Gasteiger partial charge in [-0.1, -0.05) is 42.3 Å². The lowest BCUT2D eigenvalue weighted by atomic mass is 9.71. The summed E-state index contributed by atoms with van der Waals surface area (Å²) in [7, 11) is 1.69. The van der Waals surface area contributed by atoms with Crippen molar-refractivity contribution in [1.29, 1.82) is 0 Å². The Labute approximate surface area is 193 Å². The van der Waals surface area contributed by atoms with Crippen molar-refractivity contribution in [3.8, 4) is 23.0 Å². The predicted molar refractivity (Wildman–Crippen MR) is 128 cm³/mol. The number of hydrogen-bond donors (Lipinski definition) is 3. The van der Waals surface area contributed by atoms with E-state index in [-0.39, 0.29) is 11.8 Å². The van der Waals surface area contributed by atoms with Gasteiger partial charge in [-0.25, -0.2) is 4.98 Å². The van der Waals surface area contributed by atoms with Crippen molar-refractivity contribution in [2.45, 2.75) is 31.8 Å². The highest BCUT2D eigenvalue weighted by molar-refractivity contribution is 5.79. The van der Waals surface area contributed by atoms with Gasteiger partial charge in [0.1, 0.15) is 23.9 Å². The highest BCUT2D eigenvalue weighted by Gasteiger charge is 2.34. The third kappa shape index (κ3) is 4.84. The Hall–Kier alpha value is -3.82. The van der Waals surface area contributed by atoms with Gasteiger partial charge in [-0.3, -0.25) is 9.36 Å². The molecule has 6 nitrogen and oxygen atoms in total. The lowest BCUT2D eigenvalue weighted by Gasteiger charge is -2.34. The Morgan fingerprint density at radius 2 is 1.79 bits per heavy atom.